The van der Waals surface area contributed by atoms with E-state index >= 15 is 0 Å². The van der Waals surface area contributed by atoms with E-state index in [-0.39, 0.29) is 46.7 Å². The Morgan fingerprint density at radius 1 is 1.14 bits per heavy atom. The smallest absolute Gasteiger partial charge is 0.306 e. The molecule has 3 aromatic rings. The fourth-order valence-electron chi connectivity index (χ4n) is 3.63. The highest BCUT2D eigenvalue weighted by Gasteiger charge is 2.27. The lowest BCUT2D eigenvalue weighted by molar-refractivity contribution is -0.155. The average molecular weight is 522 g/mol. The molecule has 0 saturated heterocycles. The zero-order chi connectivity index (χ0) is 26.8. The molecule has 36 heavy (non-hydrogen) atoms. The topological polar surface area (TPSA) is 81.9 Å². The van der Waals surface area contributed by atoms with Crippen LogP contribution in [0.4, 0.5) is 8.78 Å². The van der Waals surface area contributed by atoms with Crippen LogP contribution in [0, 0.1) is 18.6 Å². The third-order valence-corrected chi connectivity index (χ3v) is 5.51. The molecule has 0 unspecified atom stereocenters. The Morgan fingerprint density at radius 3 is 2.39 bits per heavy atom. The standard InChI is InChI=1S/C26H30ClF2N3O4/c1-15-22(24(34)31-26(5,6)11-10-21(33)36-25(2,3)4)32-13-16(27)12-20(23(32)30-15)35-14-17-18(28)8-7-9-19(17)29/h7-9,12-13H,10-11,14H2,1-6H3,(H,31,34). The molecule has 3 rings (SSSR count). The fourth-order valence-corrected chi connectivity index (χ4v) is 3.83. The summed E-state index contributed by atoms with van der Waals surface area (Å²) >= 11 is 6.26. The van der Waals surface area contributed by atoms with Crippen molar-refractivity contribution in [1.29, 1.82) is 0 Å². The number of halogens is 3. The number of nitrogens with one attached hydrogen (secondary N) is 1. The van der Waals surface area contributed by atoms with E-state index in [1.54, 1.807) is 41.5 Å². The number of rotatable bonds is 8. The summed E-state index contributed by atoms with van der Waals surface area (Å²) in [6.07, 6.45) is 2.00. The minimum absolute atomic E-state index is 0.132. The van der Waals surface area contributed by atoms with Gasteiger partial charge in [-0.3, -0.25) is 14.0 Å². The molecule has 0 aliphatic carbocycles. The lowest BCUT2D eigenvalue weighted by Gasteiger charge is -2.27. The molecule has 2 heterocycles. The first-order valence-electron chi connectivity index (χ1n) is 11.4. The zero-order valence-corrected chi connectivity index (χ0v) is 21.9. The Kier molecular flexibility index (Phi) is 7.93. The number of amides is 1. The molecule has 194 valence electrons. The first kappa shape index (κ1) is 27.4. The van der Waals surface area contributed by atoms with Gasteiger partial charge in [-0.1, -0.05) is 17.7 Å². The summed E-state index contributed by atoms with van der Waals surface area (Å²) in [7, 11) is 0. The highest BCUT2D eigenvalue weighted by Crippen LogP contribution is 2.28. The van der Waals surface area contributed by atoms with Crippen molar-refractivity contribution >= 4 is 29.1 Å². The molecule has 10 heteroatoms. The van der Waals surface area contributed by atoms with E-state index in [0.717, 1.165) is 12.1 Å². The maximum absolute atomic E-state index is 14.0. The van der Waals surface area contributed by atoms with Gasteiger partial charge in [-0.15, -0.1) is 0 Å². The maximum atomic E-state index is 14.0. The van der Waals surface area contributed by atoms with Gasteiger partial charge in [0, 0.05) is 24.2 Å². The van der Waals surface area contributed by atoms with Gasteiger partial charge in [-0.05, 0) is 60.1 Å². The first-order chi connectivity index (χ1) is 16.7. The second-order valence-corrected chi connectivity index (χ2v) is 10.6. The third kappa shape index (κ3) is 6.72. The van der Waals surface area contributed by atoms with E-state index in [4.69, 9.17) is 21.1 Å². The van der Waals surface area contributed by atoms with Crippen molar-refractivity contribution in [2.75, 3.05) is 0 Å². The van der Waals surface area contributed by atoms with Gasteiger partial charge in [0.25, 0.3) is 5.91 Å². The van der Waals surface area contributed by atoms with E-state index in [2.05, 4.69) is 10.3 Å². The fraction of sp³-hybridized carbons (Fsp3) is 0.423. The van der Waals surface area contributed by atoms with Crippen molar-refractivity contribution in [2.24, 2.45) is 0 Å². The van der Waals surface area contributed by atoms with Crippen LogP contribution in [0.25, 0.3) is 5.65 Å². The molecule has 0 aliphatic heterocycles. The molecule has 0 atom stereocenters. The zero-order valence-electron chi connectivity index (χ0n) is 21.2. The van der Waals surface area contributed by atoms with Crippen molar-refractivity contribution in [1.82, 2.24) is 14.7 Å². The number of pyridine rings is 1. The Morgan fingerprint density at radius 2 is 1.78 bits per heavy atom. The molecular weight excluding hydrogens is 492 g/mol. The number of aryl methyl sites for hydroxylation is 1. The first-order valence-corrected chi connectivity index (χ1v) is 11.8. The van der Waals surface area contributed by atoms with Crippen LogP contribution in [0.15, 0.2) is 30.5 Å². The number of carbonyl (C=O) groups is 2. The van der Waals surface area contributed by atoms with E-state index in [1.807, 2.05) is 0 Å². The molecule has 0 bridgehead atoms. The van der Waals surface area contributed by atoms with Gasteiger partial charge in [0.2, 0.25) is 0 Å². The molecule has 0 fully saturated rings. The van der Waals surface area contributed by atoms with Crippen LogP contribution in [-0.4, -0.2) is 32.4 Å². The van der Waals surface area contributed by atoms with Gasteiger partial charge >= 0.3 is 5.97 Å². The second-order valence-electron chi connectivity index (χ2n) is 10.2. The van der Waals surface area contributed by atoms with Crippen molar-refractivity contribution in [3.05, 3.63) is 64.1 Å². The van der Waals surface area contributed by atoms with Crippen LogP contribution in [0.1, 0.15) is 69.2 Å². The van der Waals surface area contributed by atoms with Crippen LogP contribution < -0.4 is 10.1 Å². The summed E-state index contributed by atoms with van der Waals surface area (Å²) in [5.74, 6) is -2.09. The molecule has 2 aromatic heterocycles. The lowest BCUT2D eigenvalue weighted by Crippen LogP contribution is -2.44. The third-order valence-electron chi connectivity index (χ3n) is 5.30. The van der Waals surface area contributed by atoms with Crippen molar-refractivity contribution in [3.63, 3.8) is 0 Å². The monoisotopic (exact) mass is 521 g/mol. The molecule has 0 aliphatic rings. The normalized spacial score (nSPS) is 12.0. The number of aromatic nitrogens is 2. The molecule has 7 nitrogen and oxygen atoms in total. The Balaban J connectivity index is 1.81. The molecule has 1 aromatic carbocycles. The number of carbonyl (C=O) groups excluding carboxylic acids is 2. The van der Waals surface area contributed by atoms with Gasteiger partial charge in [-0.25, -0.2) is 13.8 Å². The van der Waals surface area contributed by atoms with Crippen LogP contribution >= 0.6 is 11.6 Å². The molecule has 1 N–H and O–H groups in total. The van der Waals surface area contributed by atoms with Gasteiger partial charge in [0.15, 0.2) is 11.4 Å². The number of ether oxygens (including phenoxy) is 2. The van der Waals surface area contributed by atoms with Crippen molar-refractivity contribution < 1.29 is 27.8 Å². The number of esters is 1. The highest BCUT2D eigenvalue weighted by molar-refractivity contribution is 6.30. The van der Waals surface area contributed by atoms with E-state index in [9.17, 15) is 18.4 Å². The van der Waals surface area contributed by atoms with Gasteiger partial charge < -0.3 is 14.8 Å². The SMILES string of the molecule is Cc1nc2c(OCc3c(F)cccc3F)cc(Cl)cn2c1C(=O)NC(C)(C)CCC(=O)OC(C)(C)C. The number of benzene rings is 1. The summed E-state index contributed by atoms with van der Waals surface area (Å²) < 4.78 is 40.5. The second kappa shape index (κ2) is 10.4. The van der Waals surface area contributed by atoms with E-state index < -0.39 is 28.7 Å². The number of fused-ring (bicyclic) bond motifs is 1. The van der Waals surface area contributed by atoms with Crippen molar-refractivity contribution in [3.8, 4) is 5.75 Å². The highest BCUT2D eigenvalue weighted by atomic mass is 35.5. The summed E-state index contributed by atoms with van der Waals surface area (Å²) in [6.45, 7) is 10.3. The van der Waals surface area contributed by atoms with Crippen LogP contribution in [0.2, 0.25) is 5.02 Å². The van der Waals surface area contributed by atoms with Crippen LogP contribution in [0.5, 0.6) is 5.75 Å². The summed E-state index contributed by atoms with van der Waals surface area (Å²) in [5.41, 5.74) is -0.659. The molecule has 0 saturated carbocycles. The maximum Gasteiger partial charge on any atom is 0.306 e. The molecule has 1 amide bonds. The Hall–Kier alpha value is -3.20. The molecule has 0 radical (unpaired) electrons. The van der Waals surface area contributed by atoms with E-state index in [0.29, 0.717) is 12.1 Å². The molecule has 0 spiro atoms. The summed E-state index contributed by atoms with van der Waals surface area (Å²) in [5, 5.41) is 3.17. The minimum atomic E-state index is -0.735. The number of nitrogens with zero attached hydrogens (tertiary/aromatic N) is 2. The van der Waals surface area contributed by atoms with Crippen LogP contribution in [-0.2, 0) is 16.1 Å². The predicted octanol–water partition coefficient (Wildman–Crippen LogP) is 5.78. The number of imidazole rings is 1. The van der Waals surface area contributed by atoms with Crippen molar-refractivity contribution in [2.45, 2.75) is 72.1 Å². The van der Waals surface area contributed by atoms with Gasteiger partial charge in [0.1, 0.15) is 29.5 Å². The largest absolute Gasteiger partial charge is 0.485 e. The summed E-state index contributed by atoms with van der Waals surface area (Å²) in [6, 6.07) is 5.02. The van der Waals surface area contributed by atoms with E-state index in [1.165, 1.54) is 22.7 Å². The van der Waals surface area contributed by atoms with Crippen LogP contribution in [0.3, 0.4) is 0 Å². The van der Waals surface area contributed by atoms with Gasteiger partial charge in [0.05, 0.1) is 16.3 Å². The minimum Gasteiger partial charge on any atom is -0.485 e. The summed E-state index contributed by atoms with van der Waals surface area (Å²) in [4.78, 5) is 29.8. The van der Waals surface area contributed by atoms with Gasteiger partial charge in [-0.2, -0.15) is 0 Å². The number of hydrogen-bond acceptors (Lipinski definition) is 5. The number of hydrogen-bond donors (Lipinski definition) is 1. The average Bonchev–Trinajstić information content (AvgIpc) is 3.06. The Labute approximate surface area is 213 Å². The lowest BCUT2D eigenvalue weighted by atomic mass is 9.98. The quantitative estimate of drug-likeness (QED) is 0.380. The molecular formula is C26H30ClF2N3O4. The predicted molar refractivity (Wildman–Crippen MR) is 132 cm³/mol. The Bertz CT molecular complexity index is 1280.